The Morgan fingerprint density at radius 3 is 3.24 bits per heavy atom. The molecular formula is C11H20N4OS. The molecule has 0 aliphatic carbocycles. The minimum Gasteiger partial charge on any atom is -0.374 e. The summed E-state index contributed by atoms with van der Waals surface area (Å²) in [5.41, 5.74) is 0. The van der Waals surface area contributed by atoms with E-state index in [9.17, 15) is 0 Å². The van der Waals surface area contributed by atoms with Crippen molar-refractivity contribution in [1.82, 2.24) is 14.7 Å². The molecule has 2 N–H and O–H groups in total. The highest BCUT2D eigenvalue weighted by Gasteiger charge is 2.15. The SMILES string of the molecule is COC(C)c1nsc(NC2CCCCNC2)n1. The van der Waals surface area contributed by atoms with E-state index in [1.54, 1.807) is 7.11 Å². The minimum absolute atomic E-state index is 0.0333. The lowest BCUT2D eigenvalue weighted by molar-refractivity contribution is 0.113. The summed E-state index contributed by atoms with van der Waals surface area (Å²) in [5.74, 6) is 0.765. The van der Waals surface area contributed by atoms with Gasteiger partial charge in [0, 0.05) is 31.2 Å². The third-order valence-electron chi connectivity index (χ3n) is 3.03. The lowest BCUT2D eigenvalue weighted by Gasteiger charge is -2.14. The molecule has 0 radical (unpaired) electrons. The number of hydrogen-bond acceptors (Lipinski definition) is 6. The lowest BCUT2D eigenvalue weighted by atomic mass is 10.1. The van der Waals surface area contributed by atoms with Gasteiger partial charge in [-0.15, -0.1) is 0 Å². The van der Waals surface area contributed by atoms with Gasteiger partial charge in [0.1, 0.15) is 6.10 Å². The van der Waals surface area contributed by atoms with Crippen LogP contribution in [0.25, 0.3) is 0 Å². The van der Waals surface area contributed by atoms with Gasteiger partial charge in [-0.05, 0) is 26.3 Å². The monoisotopic (exact) mass is 256 g/mol. The predicted molar refractivity (Wildman–Crippen MR) is 69.5 cm³/mol. The van der Waals surface area contributed by atoms with Gasteiger partial charge in [-0.3, -0.25) is 0 Å². The molecule has 2 unspecified atom stereocenters. The van der Waals surface area contributed by atoms with Gasteiger partial charge in [-0.2, -0.15) is 4.37 Å². The maximum atomic E-state index is 5.20. The van der Waals surface area contributed by atoms with Crippen LogP contribution in [-0.2, 0) is 4.74 Å². The van der Waals surface area contributed by atoms with Crippen LogP contribution in [0.2, 0.25) is 0 Å². The highest BCUT2D eigenvalue weighted by atomic mass is 32.1. The van der Waals surface area contributed by atoms with Crippen molar-refractivity contribution >= 4 is 16.7 Å². The van der Waals surface area contributed by atoms with Gasteiger partial charge in [-0.25, -0.2) is 4.98 Å². The minimum atomic E-state index is -0.0333. The van der Waals surface area contributed by atoms with E-state index in [2.05, 4.69) is 20.0 Å². The molecule has 2 atom stereocenters. The van der Waals surface area contributed by atoms with E-state index < -0.39 is 0 Å². The topological polar surface area (TPSA) is 59.1 Å². The summed E-state index contributed by atoms with van der Waals surface area (Å²) in [6, 6.07) is 0.469. The number of nitrogens with zero attached hydrogens (tertiary/aromatic N) is 2. The van der Waals surface area contributed by atoms with E-state index in [-0.39, 0.29) is 6.10 Å². The first-order valence-corrected chi connectivity index (χ1v) is 6.90. The number of aromatic nitrogens is 2. The molecule has 0 bridgehead atoms. The van der Waals surface area contributed by atoms with Crippen molar-refractivity contribution in [1.29, 1.82) is 0 Å². The van der Waals surface area contributed by atoms with Crippen LogP contribution in [0.1, 0.15) is 38.1 Å². The maximum Gasteiger partial charge on any atom is 0.202 e. The fourth-order valence-electron chi connectivity index (χ4n) is 1.88. The Bertz CT molecular complexity index is 336. The number of methoxy groups -OCH3 is 1. The van der Waals surface area contributed by atoms with E-state index >= 15 is 0 Å². The molecule has 0 aromatic carbocycles. The molecule has 0 saturated carbocycles. The fourth-order valence-corrected chi connectivity index (χ4v) is 2.60. The van der Waals surface area contributed by atoms with Gasteiger partial charge in [0.2, 0.25) is 5.13 Å². The quantitative estimate of drug-likeness (QED) is 0.860. The summed E-state index contributed by atoms with van der Waals surface area (Å²) in [4.78, 5) is 4.45. The Kier molecular flexibility index (Phi) is 4.70. The number of nitrogens with one attached hydrogen (secondary N) is 2. The molecule has 1 saturated heterocycles. The summed E-state index contributed by atoms with van der Waals surface area (Å²) in [6.45, 7) is 4.09. The third-order valence-corrected chi connectivity index (χ3v) is 3.69. The zero-order chi connectivity index (χ0) is 12.1. The van der Waals surface area contributed by atoms with E-state index in [0.717, 1.165) is 24.0 Å². The highest BCUT2D eigenvalue weighted by Crippen LogP contribution is 2.20. The maximum absolute atomic E-state index is 5.20. The standard InChI is InChI=1S/C11H20N4OS/c1-8(16-2)10-14-11(17-15-10)13-9-5-3-4-6-12-7-9/h8-9,12H,3-7H2,1-2H3,(H,13,14,15). The predicted octanol–water partition coefficient (Wildman–Crippen LogP) is 1.80. The van der Waals surface area contributed by atoms with E-state index in [1.165, 1.54) is 30.8 Å². The summed E-state index contributed by atoms with van der Waals surface area (Å²) in [6.07, 6.45) is 3.70. The molecule has 0 amide bonds. The zero-order valence-corrected chi connectivity index (χ0v) is 11.2. The van der Waals surface area contributed by atoms with Crippen molar-refractivity contribution in [3.8, 4) is 0 Å². The van der Waals surface area contributed by atoms with Crippen LogP contribution >= 0.6 is 11.5 Å². The second-order valence-corrected chi connectivity index (χ2v) is 5.13. The fraction of sp³-hybridized carbons (Fsp3) is 0.818. The largest absolute Gasteiger partial charge is 0.374 e. The van der Waals surface area contributed by atoms with Crippen molar-refractivity contribution in [2.45, 2.75) is 38.3 Å². The highest BCUT2D eigenvalue weighted by molar-refractivity contribution is 7.09. The van der Waals surface area contributed by atoms with Gasteiger partial charge in [0.05, 0.1) is 0 Å². The van der Waals surface area contributed by atoms with E-state index in [4.69, 9.17) is 4.74 Å². The third kappa shape index (κ3) is 3.62. The van der Waals surface area contributed by atoms with Crippen molar-refractivity contribution in [3.63, 3.8) is 0 Å². The van der Waals surface area contributed by atoms with E-state index in [0.29, 0.717) is 6.04 Å². The van der Waals surface area contributed by atoms with E-state index in [1.807, 2.05) is 6.92 Å². The first-order valence-electron chi connectivity index (χ1n) is 6.13. The average Bonchev–Trinajstić information content (AvgIpc) is 2.65. The van der Waals surface area contributed by atoms with Crippen molar-refractivity contribution in [2.75, 3.05) is 25.5 Å². The van der Waals surface area contributed by atoms with Crippen molar-refractivity contribution < 1.29 is 4.74 Å². The van der Waals surface area contributed by atoms with Gasteiger partial charge < -0.3 is 15.4 Å². The molecule has 5 nitrogen and oxygen atoms in total. The molecule has 2 rings (SSSR count). The molecule has 1 aliphatic rings. The molecule has 1 aliphatic heterocycles. The zero-order valence-electron chi connectivity index (χ0n) is 10.4. The van der Waals surface area contributed by atoms with Gasteiger partial charge >= 0.3 is 0 Å². The van der Waals surface area contributed by atoms with Gasteiger partial charge in [0.15, 0.2) is 5.82 Å². The summed E-state index contributed by atoms with van der Waals surface area (Å²) in [7, 11) is 1.67. The molecular weight excluding hydrogens is 236 g/mol. The summed E-state index contributed by atoms with van der Waals surface area (Å²) in [5, 5.41) is 7.78. The normalized spacial score (nSPS) is 23.1. The Morgan fingerprint density at radius 1 is 1.53 bits per heavy atom. The van der Waals surface area contributed by atoms with Crippen LogP contribution in [0.4, 0.5) is 5.13 Å². The van der Waals surface area contributed by atoms with Crippen LogP contribution in [0.5, 0.6) is 0 Å². The Hall–Kier alpha value is -0.720. The van der Waals surface area contributed by atoms with Crippen LogP contribution in [0.3, 0.4) is 0 Å². The first kappa shape index (κ1) is 12.7. The molecule has 1 aromatic rings. The van der Waals surface area contributed by atoms with Gasteiger partial charge in [-0.1, -0.05) is 6.42 Å². The molecule has 17 heavy (non-hydrogen) atoms. The summed E-state index contributed by atoms with van der Waals surface area (Å²) < 4.78 is 9.50. The molecule has 1 aromatic heterocycles. The molecule has 2 heterocycles. The van der Waals surface area contributed by atoms with Crippen molar-refractivity contribution in [3.05, 3.63) is 5.82 Å². The second kappa shape index (κ2) is 6.28. The molecule has 6 heteroatoms. The number of anilines is 1. The van der Waals surface area contributed by atoms with Crippen LogP contribution < -0.4 is 10.6 Å². The number of ether oxygens (including phenoxy) is 1. The Labute approximate surface area is 106 Å². The lowest BCUT2D eigenvalue weighted by Crippen LogP contribution is -2.30. The second-order valence-electron chi connectivity index (χ2n) is 4.38. The Balaban J connectivity index is 1.91. The smallest absolute Gasteiger partial charge is 0.202 e. The number of hydrogen-bond donors (Lipinski definition) is 2. The van der Waals surface area contributed by atoms with Crippen LogP contribution in [0, 0.1) is 0 Å². The molecule has 1 fully saturated rings. The summed E-state index contributed by atoms with van der Waals surface area (Å²) >= 11 is 1.41. The van der Waals surface area contributed by atoms with Crippen LogP contribution in [-0.4, -0.2) is 35.6 Å². The average molecular weight is 256 g/mol. The Morgan fingerprint density at radius 2 is 2.41 bits per heavy atom. The first-order chi connectivity index (χ1) is 8.29. The van der Waals surface area contributed by atoms with Crippen LogP contribution in [0.15, 0.2) is 0 Å². The molecule has 96 valence electrons. The molecule has 0 spiro atoms. The van der Waals surface area contributed by atoms with Crippen molar-refractivity contribution in [2.24, 2.45) is 0 Å². The number of rotatable bonds is 4. The van der Waals surface area contributed by atoms with Gasteiger partial charge in [0.25, 0.3) is 0 Å².